The number of amides is 12. The molecule has 3 aromatic carbocycles. The van der Waals surface area contributed by atoms with Crippen molar-refractivity contribution in [3.63, 3.8) is 0 Å². The van der Waals surface area contributed by atoms with Gasteiger partial charge in [0.1, 0.15) is 73.6 Å². The van der Waals surface area contributed by atoms with Gasteiger partial charge in [0.15, 0.2) is 0 Å². The van der Waals surface area contributed by atoms with E-state index in [2.05, 4.69) is 49.1 Å². The first-order valence-corrected chi connectivity index (χ1v) is 37.1. The molecular weight excluding hydrogens is 1350 g/mol. The highest BCUT2D eigenvalue weighted by atomic mass is 33.1. The number of ether oxygens (including phenoxy) is 2. The topological polar surface area (TPSA) is 332 Å². The largest absolute Gasteiger partial charge is 0.445 e. The zero-order chi connectivity index (χ0) is 76.0. The minimum Gasteiger partial charge on any atom is -0.445 e. The third-order valence-electron chi connectivity index (χ3n) is 17.1. The Labute approximate surface area is 610 Å². The maximum absolute atomic E-state index is 15.0. The molecule has 28 heteroatoms. The first-order valence-electron chi connectivity index (χ1n) is 34.8. The molecule has 12 amide bonds. The molecule has 1 aliphatic rings. The zero-order valence-electron chi connectivity index (χ0n) is 62.0. The van der Waals surface area contributed by atoms with E-state index in [-0.39, 0.29) is 93.5 Å². The van der Waals surface area contributed by atoms with E-state index in [0.717, 1.165) is 5.56 Å². The molecule has 1 aliphatic heterocycles. The summed E-state index contributed by atoms with van der Waals surface area (Å²) in [6.45, 7) is 22.1. The second kappa shape index (κ2) is 42.8. The minimum absolute atomic E-state index is 0.00876. The lowest BCUT2D eigenvalue weighted by Gasteiger charge is -2.36. The molecule has 4 rings (SSSR count). The van der Waals surface area contributed by atoms with Crippen LogP contribution in [0.25, 0.3) is 0 Å². The second-order valence-electron chi connectivity index (χ2n) is 27.8. The van der Waals surface area contributed by atoms with Gasteiger partial charge < -0.3 is 71.6 Å². The SMILES string of the molecule is C=CCOC(=O)N[C@@H](CSSC(C)(C)C)C(=O)NCCCC[C@@H]1NC(=O)C(Cc2ccccc2)NC(=O)COCC(Cc2ccccc2)NC(=O)[C@H](C)NC(=O)[C@H](C)N(C)C(=O)C(Cc2ccccc2)N(C)C(=O)[C@H](C)NC(=O)[C@H](CC(C)C)N(C)C(=O)[C@H](C)N(C)C(=O)C(CC(C)C)NC1=O. The highest BCUT2D eigenvalue weighted by molar-refractivity contribution is 8.77. The van der Waals surface area contributed by atoms with Gasteiger partial charge in [-0.3, -0.25) is 52.7 Å². The van der Waals surface area contributed by atoms with Crippen molar-refractivity contribution in [1.82, 2.24) is 62.1 Å². The Bertz CT molecular complexity index is 3270. The highest BCUT2D eigenvalue weighted by Crippen LogP contribution is 2.35. The second-order valence-corrected chi connectivity index (χ2v) is 31.0. The molecular formula is C74H110N12O14S2. The molecule has 562 valence electrons. The Kier molecular flexibility index (Phi) is 36.1. The van der Waals surface area contributed by atoms with Crippen LogP contribution >= 0.6 is 21.6 Å². The van der Waals surface area contributed by atoms with Crippen LogP contribution in [0.4, 0.5) is 4.79 Å². The van der Waals surface area contributed by atoms with Crippen LogP contribution in [0.15, 0.2) is 104 Å². The molecule has 26 nitrogen and oxygen atoms in total. The Balaban J connectivity index is 1.79. The van der Waals surface area contributed by atoms with Crippen LogP contribution in [-0.2, 0) is 81.5 Å². The third-order valence-corrected chi connectivity index (χ3v) is 20.4. The van der Waals surface area contributed by atoms with Crippen LogP contribution in [0.1, 0.15) is 125 Å². The number of hydrogen-bond donors (Lipinski definition) is 8. The summed E-state index contributed by atoms with van der Waals surface area (Å²) < 4.78 is 11.0. The smallest absolute Gasteiger partial charge is 0.408 e. The number of carbonyl (C=O) groups excluding carboxylic acids is 12. The van der Waals surface area contributed by atoms with Crippen molar-refractivity contribution >= 4 is 92.7 Å². The Morgan fingerprint density at radius 1 is 0.578 bits per heavy atom. The first-order chi connectivity index (χ1) is 48.1. The van der Waals surface area contributed by atoms with E-state index in [0.29, 0.717) is 11.1 Å². The fourth-order valence-corrected chi connectivity index (χ4v) is 13.5. The van der Waals surface area contributed by atoms with Gasteiger partial charge in [-0.25, -0.2) is 4.79 Å². The number of benzene rings is 3. The van der Waals surface area contributed by atoms with Crippen molar-refractivity contribution in [2.75, 3.05) is 60.3 Å². The molecule has 1 saturated heterocycles. The number of alkyl carbamates (subject to hydrolysis) is 1. The molecule has 3 aromatic rings. The summed E-state index contributed by atoms with van der Waals surface area (Å²) in [5, 5.41) is 22.4. The number of nitrogens with zero attached hydrogens (tertiary/aromatic N) is 4. The standard InChI is InChI=1S/C74H110N12O14S2/c1-17-37-100-73(98)82-59(45-101-102-74(10,11)12)65(90)75-36-28-27-35-56-66(91)81-58(38-46(2)3)71(96)84(14)51(9)70(95)85(15)60(39-47(4)5)68(93)77-49(7)69(94)86(16)61(42-54-33-25-20-26-34-54)72(97)83(13)50(8)64(89)76-48(6)63(88)78-55(40-52-29-21-18-22-30-52)43-99-44-62(87)79-57(67(92)80-56)41-53-31-23-19-24-32-53/h17-26,29-34,46-51,55-61H,1,27-28,35-45H2,2-16H3,(H,75,90)(H,76,89)(H,77,93)(H,78,88)(H,79,87)(H,80,92)(H,81,91)(H,82,98)/t48-,49-,50-,51-,55?,56-,57?,58?,59-,60-,61?/m0/s1. The van der Waals surface area contributed by atoms with E-state index in [1.54, 1.807) is 60.7 Å². The summed E-state index contributed by atoms with van der Waals surface area (Å²) in [5.74, 6) is -7.57. The zero-order valence-corrected chi connectivity index (χ0v) is 63.6. The Morgan fingerprint density at radius 3 is 1.68 bits per heavy atom. The predicted octanol–water partition coefficient (Wildman–Crippen LogP) is 4.88. The molecule has 0 aromatic heterocycles. The van der Waals surface area contributed by atoms with Crippen LogP contribution in [0.5, 0.6) is 0 Å². The van der Waals surface area contributed by atoms with Gasteiger partial charge in [0.05, 0.1) is 12.6 Å². The molecule has 0 bridgehead atoms. The van der Waals surface area contributed by atoms with Crippen molar-refractivity contribution in [3.05, 3.63) is 120 Å². The lowest BCUT2D eigenvalue weighted by molar-refractivity contribution is -0.150. The number of unbranched alkanes of at least 4 members (excludes halogenated alkanes) is 1. The van der Waals surface area contributed by atoms with Crippen LogP contribution < -0.4 is 42.5 Å². The van der Waals surface area contributed by atoms with Crippen molar-refractivity contribution in [1.29, 1.82) is 0 Å². The van der Waals surface area contributed by atoms with E-state index >= 15 is 4.79 Å². The molecule has 4 unspecified atom stereocenters. The van der Waals surface area contributed by atoms with Crippen LogP contribution in [0.2, 0.25) is 0 Å². The number of rotatable bonds is 22. The molecule has 11 atom stereocenters. The van der Waals surface area contributed by atoms with E-state index in [1.165, 1.54) is 103 Å². The number of likely N-dealkylation sites (N-methyl/N-ethyl adjacent to an activating group) is 4. The number of carbonyl (C=O) groups is 12. The quantitative estimate of drug-likeness (QED) is 0.0377. The molecule has 0 saturated carbocycles. The average Bonchev–Trinajstić information content (AvgIpc) is 0.828. The maximum Gasteiger partial charge on any atom is 0.408 e. The average molecular weight is 1460 g/mol. The molecule has 102 heavy (non-hydrogen) atoms. The summed E-state index contributed by atoms with van der Waals surface area (Å²) in [6.07, 6.45) is 1.40. The van der Waals surface area contributed by atoms with Gasteiger partial charge in [0.25, 0.3) is 0 Å². The highest BCUT2D eigenvalue weighted by Gasteiger charge is 2.40. The van der Waals surface area contributed by atoms with Gasteiger partial charge in [0.2, 0.25) is 65.0 Å². The predicted molar refractivity (Wildman–Crippen MR) is 396 cm³/mol. The summed E-state index contributed by atoms with van der Waals surface area (Å²) >= 11 is 0. The van der Waals surface area contributed by atoms with Gasteiger partial charge in [0, 0.05) is 58.1 Å². The van der Waals surface area contributed by atoms with E-state index in [4.69, 9.17) is 9.47 Å². The summed E-state index contributed by atoms with van der Waals surface area (Å²) in [5.41, 5.74) is 2.14. The fraction of sp³-hybridized carbons (Fsp3) is 0.568. The molecule has 1 heterocycles. The lowest BCUT2D eigenvalue weighted by Crippen LogP contribution is -2.60. The van der Waals surface area contributed by atoms with Crippen LogP contribution in [0.3, 0.4) is 0 Å². The van der Waals surface area contributed by atoms with E-state index < -0.39 is 144 Å². The third kappa shape index (κ3) is 29.1. The molecule has 0 radical (unpaired) electrons. The van der Waals surface area contributed by atoms with Crippen molar-refractivity contribution in [3.8, 4) is 0 Å². The summed E-state index contributed by atoms with van der Waals surface area (Å²) in [7, 11) is 8.59. The number of nitrogens with one attached hydrogen (secondary N) is 8. The Hall–Kier alpha value is -8.50. The maximum atomic E-state index is 15.0. The van der Waals surface area contributed by atoms with E-state index in [1.807, 2.05) is 78.8 Å². The first kappa shape index (κ1) is 85.9. The van der Waals surface area contributed by atoms with E-state index in [9.17, 15) is 52.7 Å². The Morgan fingerprint density at radius 2 is 1.11 bits per heavy atom. The van der Waals surface area contributed by atoms with Crippen molar-refractivity contribution < 1.29 is 67.0 Å². The number of hydrogen-bond acceptors (Lipinski definition) is 16. The van der Waals surface area contributed by atoms with Gasteiger partial charge in [-0.15, -0.1) is 0 Å². The van der Waals surface area contributed by atoms with Crippen molar-refractivity contribution in [2.24, 2.45) is 11.8 Å². The van der Waals surface area contributed by atoms with Crippen molar-refractivity contribution in [2.45, 2.75) is 199 Å². The summed E-state index contributed by atoms with van der Waals surface area (Å²) in [6, 6.07) is 13.9. The normalized spacial score (nSPS) is 23.3. The fourth-order valence-electron chi connectivity index (χ4n) is 11.1. The molecule has 8 N–H and O–H groups in total. The monoisotopic (exact) mass is 1450 g/mol. The summed E-state index contributed by atoms with van der Waals surface area (Å²) in [4.78, 5) is 177. The van der Waals surface area contributed by atoms with Crippen LogP contribution in [-0.4, -0.2) is 222 Å². The van der Waals surface area contributed by atoms with Gasteiger partial charge >= 0.3 is 6.09 Å². The minimum atomic E-state index is -1.37. The van der Waals surface area contributed by atoms with Gasteiger partial charge in [-0.1, -0.05) is 174 Å². The van der Waals surface area contributed by atoms with Gasteiger partial charge in [-0.05, 0) is 94.7 Å². The molecule has 1 fully saturated rings. The molecule has 0 aliphatic carbocycles. The molecule has 0 spiro atoms. The lowest BCUT2D eigenvalue weighted by atomic mass is 9.99. The van der Waals surface area contributed by atoms with Crippen LogP contribution in [0, 0.1) is 11.8 Å². The van der Waals surface area contributed by atoms with Gasteiger partial charge in [-0.2, -0.15) is 0 Å².